The number of nitrogens with zero attached hydrogens (tertiary/aromatic N) is 3. The molecule has 2 aliphatic rings. The second kappa shape index (κ2) is 12.3. The Labute approximate surface area is 209 Å². The van der Waals surface area contributed by atoms with Gasteiger partial charge in [-0.1, -0.05) is 60.2 Å². The van der Waals surface area contributed by atoms with Crippen LogP contribution in [0.1, 0.15) is 18.4 Å². The molecule has 1 aliphatic carbocycles. The maximum atomic E-state index is 12.0. The predicted molar refractivity (Wildman–Crippen MR) is 135 cm³/mol. The summed E-state index contributed by atoms with van der Waals surface area (Å²) in [6.45, 7) is 3.11. The molecule has 0 amide bonds. The fourth-order valence-corrected chi connectivity index (χ4v) is 3.91. The molecule has 1 aromatic heterocycles. The number of ether oxygens (including phenoxy) is 3. The topological polar surface area (TPSA) is 77.9 Å². The Morgan fingerprint density at radius 1 is 1.20 bits per heavy atom. The Hall–Kier alpha value is -3.49. The van der Waals surface area contributed by atoms with E-state index in [1.54, 1.807) is 19.5 Å². The van der Waals surface area contributed by atoms with E-state index in [9.17, 15) is 4.79 Å². The number of aryl methyl sites for hydroxylation is 1. The molecule has 0 fully saturated rings. The zero-order chi connectivity index (χ0) is 24.5. The second-order valence-electron chi connectivity index (χ2n) is 8.15. The van der Waals surface area contributed by atoms with Crippen molar-refractivity contribution >= 4 is 17.3 Å². The molecule has 8 nitrogen and oxygen atoms in total. The summed E-state index contributed by atoms with van der Waals surface area (Å²) in [5, 5.41) is 7.36. The molecule has 0 saturated carbocycles. The third kappa shape index (κ3) is 7.00. The van der Waals surface area contributed by atoms with E-state index in [1.807, 2.05) is 30.4 Å². The summed E-state index contributed by atoms with van der Waals surface area (Å²) in [4.78, 5) is 14.2. The monoisotopic (exact) mass is 496 g/mol. The molecule has 2 aromatic rings. The van der Waals surface area contributed by atoms with Gasteiger partial charge in [0.15, 0.2) is 12.0 Å². The molecule has 1 N–H and O–H groups in total. The molecule has 4 rings (SSSR count). The number of benzene rings is 1. The Balaban J connectivity index is 1.28. The van der Waals surface area contributed by atoms with E-state index >= 15 is 0 Å². The van der Waals surface area contributed by atoms with Crippen LogP contribution in [0.5, 0.6) is 0 Å². The first-order valence-corrected chi connectivity index (χ1v) is 11.9. The van der Waals surface area contributed by atoms with Crippen molar-refractivity contribution < 1.29 is 14.2 Å². The summed E-state index contributed by atoms with van der Waals surface area (Å²) >= 11 is 6.16. The number of aromatic nitrogens is 2. The van der Waals surface area contributed by atoms with Crippen molar-refractivity contribution in [1.29, 1.82) is 0 Å². The molecule has 0 unspecified atom stereocenters. The molecule has 0 radical (unpaired) electrons. The maximum Gasteiger partial charge on any atom is 0.321 e. The van der Waals surface area contributed by atoms with Gasteiger partial charge in [-0.15, -0.1) is 0 Å². The summed E-state index contributed by atoms with van der Waals surface area (Å²) in [5.41, 5.74) is 2.49. The summed E-state index contributed by atoms with van der Waals surface area (Å²) in [7, 11) is 1.57. The summed E-state index contributed by atoms with van der Waals surface area (Å²) in [5.74, 6) is 1.04. The zero-order valence-electron chi connectivity index (χ0n) is 19.7. The highest BCUT2D eigenvalue weighted by Gasteiger charge is 2.15. The van der Waals surface area contributed by atoms with E-state index < -0.39 is 0 Å². The van der Waals surface area contributed by atoms with Crippen LogP contribution < -0.4 is 10.9 Å². The van der Waals surface area contributed by atoms with Gasteiger partial charge in [-0.25, -0.2) is 4.68 Å². The molecule has 184 valence electrons. The van der Waals surface area contributed by atoms with Gasteiger partial charge < -0.3 is 19.5 Å². The van der Waals surface area contributed by atoms with E-state index in [1.165, 1.54) is 16.5 Å². The van der Waals surface area contributed by atoms with Gasteiger partial charge in [-0.05, 0) is 24.0 Å². The Morgan fingerprint density at radius 3 is 2.80 bits per heavy atom. The van der Waals surface area contributed by atoms with E-state index in [0.717, 1.165) is 25.0 Å². The number of anilines is 1. The van der Waals surface area contributed by atoms with Crippen molar-refractivity contribution in [1.82, 2.24) is 14.7 Å². The average molecular weight is 497 g/mol. The molecule has 0 spiro atoms. The van der Waals surface area contributed by atoms with Gasteiger partial charge in [0.05, 0.1) is 11.9 Å². The van der Waals surface area contributed by atoms with Crippen LogP contribution in [0.2, 0.25) is 5.02 Å². The maximum absolute atomic E-state index is 12.0. The van der Waals surface area contributed by atoms with Crippen molar-refractivity contribution in [3.8, 4) is 0 Å². The number of nitrogens with one attached hydrogen (secondary N) is 1. The predicted octanol–water partition coefficient (Wildman–Crippen LogP) is 4.33. The SMILES string of the molecule is Cn1ncc(NCCN(CCOC2=COC(C3=CC=CCC3)=CO2)Cc2ccccc2)c(Cl)c1=O. The third-order valence-corrected chi connectivity index (χ3v) is 5.98. The van der Waals surface area contributed by atoms with E-state index in [0.29, 0.717) is 43.6 Å². The number of hydrogen-bond donors (Lipinski definition) is 1. The lowest BCUT2D eigenvalue weighted by Crippen LogP contribution is -2.32. The first kappa shape index (κ1) is 24.6. The van der Waals surface area contributed by atoms with Crippen molar-refractivity contribution in [2.45, 2.75) is 19.4 Å². The van der Waals surface area contributed by atoms with Gasteiger partial charge >= 0.3 is 5.95 Å². The fraction of sp³-hybridized carbons (Fsp3) is 0.308. The molecular formula is C26H29ClN4O4. The van der Waals surface area contributed by atoms with Crippen molar-refractivity contribution in [3.63, 3.8) is 0 Å². The molecule has 0 saturated heterocycles. The van der Waals surface area contributed by atoms with Crippen LogP contribution in [-0.2, 0) is 27.8 Å². The summed E-state index contributed by atoms with van der Waals surface area (Å²) in [6.07, 6.45) is 12.8. The number of hydrogen-bond acceptors (Lipinski definition) is 7. The third-order valence-electron chi connectivity index (χ3n) is 5.62. The van der Waals surface area contributed by atoms with Gasteiger partial charge in [0.25, 0.3) is 5.56 Å². The molecule has 0 bridgehead atoms. The lowest BCUT2D eigenvalue weighted by Gasteiger charge is -2.24. The van der Waals surface area contributed by atoms with Crippen LogP contribution >= 0.6 is 11.6 Å². The Morgan fingerprint density at radius 2 is 2.06 bits per heavy atom. The van der Waals surface area contributed by atoms with Crippen LogP contribution in [0.3, 0.4) is 0 Å². The van der Waals surface area contributed by atoms with Crippen molar-refractivity contribution in [2.24, 2.45) is 7.05 Å². The van der Waals surface area contributed by atoms with Gasteiger partial charge in [0, 0.05) is 33.2 Å². The van der Waals surface area contributed by atoms with Crippen LogP contribution in [-0.4, -0.2) is 40.9 Å². The number of rotatable bonds is 11. The van der Waals surface area contributed by atoms with Gasteiger partial charge in [-0.2, -0.15) is 5.10 Å². The number of allylic oxidation sites excluding steroid dienone is 4. The van der Waals surface area contributed by atoms with E-state index in [-0.39, 0.29) is 10.6 Å². The van der Waals surface area contributed by atoms with E-state index in [2.05, 4.69) is 33.5 Å². The molecular weight excluding hydrogens is 468 g/mol. The lowest BCUT2D eigenvalue weighted by molar-refractivity contribution is 0.0412. The fourth-order valence-electron chi connectivity index (χ4n) is 3.68. The van der Waals surface area contributed by atoms with Crippen LogP contribution in [0.25, 0.3) is 0 Å². The molecule has 35 heavy (non-hydrogen) atoms. The Kier molecular flexibility index (Phi) is 8.64. The highest BCUT2D eigenvalue weighted by atomic mass is 35.5. The lowest BCUT2D eigenvalue weighted by atomic mass is 10.0. The van der Waals surface area contributed by atoms with Crippen molar-refractivity contribution in [3.05, 3.63) is 105 Å². The zero-order valence-corrected chi connectivity index (χ0v) is 20.4. The minimum Gasteiger partial charge on any atom is -0.462 e. The van der Waals surface area contributed by atoms with Crippen LogP contribution in [0, 0.1) is 0 Å². The molecule has 0 atom stereocenters. The molecule has 1 aromatic carbocycles. The standard InChI is InChI=1S/C26H29ClN4O4/c1-30-26(32)25(27)22(16-29-30)28-12-13-31(17-20-8-4-2-5-9-20)14-15-33-24-19-34-23(18-35-24)21-10-6-3-7-11-21/h2-6,8-10,16,18-19,28H,7,11-15,17H2,1H3. The van der Waals surface area contributed by atoms with E-state index in [4.69, 9.17) is 25.8 Å². The van der Waals surface area contributed by atoms with Crippen LogP contribution in [0.4, 0.5) is 5.69 Å². The van der Waals surface area contributed by atoms with Gasteiger partial charge in [-0.3, -0.25) is 9.69 Å². The number of halogens is 1. The quantitative estimate of drug-likeness (QED) is 0.496. The Bertz CT molecular complexity index is 1190. The largest absolute Gasteiger partial charge is 0.462 e. The minimum absolute atomic E-state index is 0.134. The normalized spacial score (nSPS) is 15.0. The second-order valence-corrected chi connectivity index (χ2v) is 8.53. The first-order valence-electron chi connectivity index (χ1n) is 11.5. The summed E-state index contributed by atoms with van der Waals surface area (Å²) < 4.78 is 18.3. The highest BCUT2D eigenvalue weighted by Crippen LogP contribution is 2.25. The minimum atomic E-state index is -0.331. The molecule has 9 heteroatoms. The van der Waals surface area contributed by atoms with Crippen LogP contribution in [0.15, 0.2) is 89.4 Å². The first-order chi connectivity index (χ1) is 17.1. The van der Waals surface area contributed by atoms with Gasteiger partial charge in [0.1, 0.15) is 17.9 Å². The molecule has 1 aliphatic heterocycles. The smallest absolute Gasteiger partial charge is 0.321 e. The summed E-state index contributed by atoms with van der Waals surface area (Å²) in [6, 6.07) is 10.2. The average Bonchev–Trinajstić information content (AvgIpc) is 2.90. The molecule has 2 heterocycles. The van der Waals surface area contributed by atoms with Crippen molar-refractivity contribution in [2.75, 3.05) is 31.6 Å². The van der Waals surface area contributed by atoms with Gasteiger partial charge in [0.2, 0.25) is 0 Å². The highest BCUT2D eigenvalue weighted by molar-refractivity contribution is 6.32.